The summed E-state index contributed by atoms with van der Waals surface area (Å²) in [6, 6.07) is 18.3. The minimum atomic E-state index is -0.365. The number of hydrogen-bond acceptors (Lipinski definition) is 7. The van der Waals surface area contributed by atoms with Crippen LogP contribution in [0, 0.1) is 28.6 Å². The molecule has 6 nitrogen and oxygen atoms in total. The van der Waals surface area contributed by atoms with Gasteiger partial charge in [0.25, 0.3) is 0 Å². The van der Waals surface area contributed by atoms with Gasteiger partial charge in [-0.05, 0) is 67.3 Å². The molecule has 1 aliphatic rings. The Hall–Kier alpha value is -3.81. The van der Waals surface area contributed by atoms with Gasteiger partial charge in [0.05, 0.1) is 36.2 Å². The number of ether oxygens (including phenoxy) is 1. The van der Waals surface area contributed by atoms with E-state index in [0.29, 0.717) is 23.5 Å². The molecule has 0 radical (unpaired) electrons. The second kappa shape index (κ2) is 12.2. The molecular formula is C29H27N3O3S. The van der Waals surface area contributed by atoms with E-state index in [2.05, 4.69) is 12.1 Å². The van der Waals surface area contributed by atoms with Crippen LogP contribution in [-0.2, 0) is 41.8 Å². The molecule has 0 unspecified atom stereocenters. The summed E-state index contributed by atoms with van der Waals surface area (Å²) in [5.41, 5.74) is 3.79. The van der Waals surface area contributed by atoms with Crippen LogP contribution in [0.5, 0.6) is 0 Å². The number of hydrogen-bond donors (Lipinski definition) is 0. The Bertz CT molecular complexity index is 1310. The van der Waals surface area contributed by atoms with Gasteiger partial charge in [-0.3, -0.25) is 9.59 Å². The first kappa shape index (κ1) is 25.3. The zero-order valence-electron chi connectivity index (χ0n) is 20.0. The molecule has 4 rings (SSSR count). The smallest absolute Gasteiger partial charge is 0.310 e. The van der Waals surface area contributed by atoms with Gasteiger partial charge >= 0.3 is 5.97 Å². The van der Waals surface area contributed by atoms with Crippen LogP contribution in [0.4, 0.5) is 0 Å². The molecule has 0 saturated heterocycles. The van der Waals surface area contributed by atoms with E-state index in [1.807, 2.05) is 6.07 Å². The van der Waals surface area contributed by atoms with Crippen LogP contribution in [0.15, 0.2) is 48.5 Å². The molecule has 0 saturated carbocycles. The van der Waals surface area contributed by atoms with Crippen LogP contribution in [-0.4, -0.2) is 16.7 Å². The SMILES string of the molecule is N#CCCC[C@H]1CCc2nc(CC(=O)c3cccc(COC(=O)Cc4ccc(C#N)cc4)c3)sc2C1. The summed E-state index contributed by atoms with van der Waals surface area (Å²) < 4.78 is 5.40. The quantitative estimate of drug-likeness (QED) is 0.207. The highest BCUT2D eigenvalue weighted by Crippen LogP contribution is 2.32. The number of benzene rings is 2. The highest BCUT2D eigenvalue weighted by Gasteiger charge is 2.23. The van der Waals surface area contributed by atoms with Gasteiger partial charge in [-0.25, -0.2) is 4.98 Å². The molecule has 0 fully saturated rings. The van der Waals surface area contributed by atoms with Gasteiger partial charge in [-0.1, -0.05) is 30.3 Å². The molecule has 0 amide bonds. The average Bonchev–Trinajstić information content (AvgIpc) is 3.30. The Morgan fingerprint density at radius 3 is 2.69 bits per heavy atom. The molecule has 182 valence electrons. The van der Waals surface area contributed by atoms with Gasteiger partial charge < -0.3 is 4.74 Å². The minimum absolute atomic E-state index is 0.00238. The highest BCUT2D eigenvalue weighted by atomic mass is 32.1. The van der Waals surface area contributed by atoms with E-state index in [1.54, 1.807) is 53.8 Å². The number of ketones is 1. The number of nitrogens with zero attached hydrogens (tertiary/aromatic N) is 3. The number of fused-ring (bicyclic) bond motifs is 1. The fourth-order valence-corrected chi connectivity index (χ4v) is 5.67. The maximum Gasteiger partial charge on any atom is 0.310 e. The first-order chi connectivity index (χ1) is 17.5. The van der Waals surface area contributed by atoms with Crippen molar-refractivity contribution in [2.45, 2.75) is 58.0 Å². The van der Waals surface area contributed by atoms with Crippen molar-refractivity contribution in [2.75, 3.05) is 0 Å². The fraction of sp³-hybridized carbons (Fsp3) is 0.345. The molecule has 2 aromatic carbocycles. The Morgan fingerprint density at radius 2 is 1.92 bits per heavy atom. The van der Waals surface area contributed by atoms with E-state index in [-0.39, 0.29) is 31.2 Å². The lowest BCUT2D eigenvalue weighted by molar-refractivity contribution is -0.144. The fourth-order valence-electron chi connectivity index (χ4n) is 4.44. The minimum Gasteiger partial charge on any atom is -0.461 e. The summed E-state index contributed by atoms with van der Waals surface area (Å²) in [6.45, 7) is 0.0922. The van der Waals surface area contributed by atoms with Crippen LogP contribution in [0.2, 0.25) is 0 Å². The van der Waals surface area contributed by atoms with Crippen molar-refractivity contribution >= 4 is 23.1 Å². The predicted molar refractivity (Wildman–Crippen MR) is 136 cm³/mol. The normalized spacial score (nSPS) is 14.3. The first-order valence-electron chi connectivity index (χ1n) is 12.1. The van der Waals surface area contributed by atoms with E-state index in [4.69, 9.17) is 20.2 Å². The van der Waals surface area contributed by atoms with Crippen molar-refractivity contribution in [3.8, 4) is 12.1 Å². The molecule has 1 atom stereocenters. The van der Waals surface area contributed by atoms with Crippen LogP contribution in [0.3, 0.4) is 0 Å². The van der Waals surface area contributed by atoms with Crippen molar-refractivity contribution in [3.05, 3.63) is 86.4 Å². The molecule has 1 heterocycles. The maximum atomic E-state index is 13.0. The number of carbonyl (C=O) groups excluding carboxylic acids is 2. The van der Waals surface area contributed by atoms with Crippen LogP contribution < -0.4 is 0 Å². The summed E-state index contributed by atoms with van der Waals surface area (Å²) in [6.07, 6.45) is 6.06. The van der Waals surface area contributed by atoms with Gasteiger partial charge in [0.1, 0.15) is 11.6 Å². The van der Waals surface area contributed by atoms with E-state index in [0.717, 1.165) is 53.9 Å². The number of nitriles is 2. The molecule has 0 N–H and O–H groups in total. The van der Waals surface area contributed by atoms with Crippen molar-refractivity contribution in [1.29, 1.82) is 10.5 Å². The maximum absolute atomic E-state index is 13.0. The lowest BCUT2D eigenvalue weighted by atomic mass is 9.87. The Morgan fingerprint density at radius 1 is 1.08 bits per heavy atom. The van der Waals surface area contributed by atoms with E-state index < -0.39 is 0 Å². The van der Waals surface area contributed by atoms with Gasteiger partial charge in [-0.2, -0.15) is 10.5 Å². The van der Waals surface area contributed by atoms with E-state index in [9.17, 15) is 9.59 Å². The number of rotatable bonds is 10. The number of aromatic nitrogens is 1. The first-order valence-corrected chi connectivity index (χ1v) is 13.0. The van der Waals surface area contributed by atoms with Crippen LogP contribution in [0.1, 0.15) is 68.3 Å². The summed E-state index contributed by atoms with van der Waals surface area (Å²) in [7, 11) is 0. The molecule has 1 aliphatic carbocycles. The van der Waals surface area contributed by atoms with E-state index in [1.165, 1.54) is 4.88 Å². The second-order valence-corrected chi connectivity index (χ2v) is 10.3. The summed E-state index contributed by atoms with van der Waals surface area (Å²) in [5.74, 6) is 0.235. The lowest BCUT2D eigenvalue weighted by Crippen LogP contribution is -2.12. The third-order valence-corrected chi connectivity index (χ3v) is 7.50. The predicted octanol–water partition coefficient (Wildman–Crippen LogP) is 5.52. The summed E-state index contributed by atoms with van der Waals surface area (Å²) in [5, 5.41) is 18.5. The topological polar surface area (TPSA) is 104 Å². The molecule has 0 aliphatic heterocycles. The number of unbranched alkanes of at least 4 members (excludes halogenated alkanes) is 1. The van der Waals surface area contributed by atoms with Crippen molar-refractivity contribution in [2.24, 2.45) is 5.92 Å². The number of carbonyl (C=O) groups is 2. The van der Waals surface area contributed by atoms with Gasteiger partial charge in [0.15, 0.2) is 5.78 Å². The number of esters is 1. The van der Waals surface area contributed by atoms with Gasteiger partial charge in [-0.15, -0.1) is 11.3 Å². The van der Waals surface area contributed by atoms with Gasteiger partial charge in [0, 0.05) is 16.9 Å². The Labute approximate surface area is 215 Å². The lowest BCUT2D eigenvalue weighted by Gasteiger charge is -2.20. The zero-order valence-corrected chi connectivity index (χ0v) is 20.9. The molecular weight excluding hydrogens is 470 g/mol. The van der Waals surface area contributed by atoms with Gasteiger partial charge in [0.2, 0.25) is 0 Å². The van der Waals surface area contributed by atoms with Crippen molar-refractivity contribution in [3.63, 3.8) is 0 Å². The molecule has 0 spiro atoms. The average molecular weight is 498 g/mol. The molecule has 3 aromatic rings. The summed E-state index contributed by atoms with van der Waals surface area (Å²) >= 11 is 1.64. The molecule has 36 heavy (non-hydrogen) atoms. The largest absolute Gasteiger partial charge is 0.461 e. The standard InChI is InChI=1S/C29H27N3O3S/c30-13-2-1-4-20-11-12-25-27(15-20)36-28(32-25)17-26(33)24-6-3-5-23(14-24)19-35-29(34)16-21-7-9-22(18-31)10-8-21/h3,5-10,14,20H,1-2,4,11-12,15-17,19H2/t20-/m0/s1. The zero-order chi connectivity index (χ0) is 25.3. The Balaban J connectivity index is 1.30. The molecule has 0 bridgehead atoms. The van der Waals surface area contributed by atoms with Crippen molar-refractivity contribution in [1.82, 2.24) is 4.98 Å². The summed E-state index contributed by atoms with van der Waals surface area (Å²) in [4.78, 5) is 31.2. The van der Waals surface area contributed by atoms with Crippen LogP contribution >= 0.6 is 11.3 Å². The molecule has 1 aromatic heterocycles. The van der Waals surface area contributed by atoms with E-state index >= 15 is 0 Å². The number of Topliss-reactive ketones (excluding diaryl/α,β-unsaturated/α-hetero) is 1. The highest BCUT2D eigenvalue weighted by molar-refractivity contribution is 7.11. The second-order valence-electron chi connectivity index (χ2n) is 9.08. The third-order valence-electron chi connectivity index (χ3n) is 6.38. The Kier molecular flexibility index (Phi) is 8.60. The van der Waals surface area contributed by atoms with Crippen LogP contribution in [0.25, 0.3) is 0 Å². The molecule has 7 heteroatoms. The third kappa shape index (κ3) is 6.87. The van der Waals surface area contributed by atoms with Crippen molar-refractivity contribution < 1.29 is 14.3 Å². The number of thiazole rings is 1. The monoisotopic (exact) mass is 497 g/mol. The number of aryl methyl sites for hydroxylation is 1.